The number of halogens is 2. The van der Waals surface area contributed by atoms with Crippen LogP contribution in [0, 0.1) is 25.5 Å². The van der Waals surface area contributed by atoms with Crippen molar-refractivity contribution in [2.45, 2.75) is 20.5 Å². The largest absolute Gasteiger partial charge is 0.485 e. The lowest BCUT2D eigenvalue weighted by Gasteiger charge is -2.11. The number of aromatic nitrogens is 2. The molecule has 0 spiro atoms. The molecule has 2 aromatic heterocycles. The van der Waals surface area contributed by atoms with E-state index >= 15 is 0 Å². The summed E-state index contributed by atoms with van der Waals surface area (Å²) >= 11 is 0. The normalized spacial score (nSPS) is 10.7. The first kappa shape index (κ1) is 22.2. The third-order valence-corrected chi connectivity index (χ3v) is 4.03. The van der Waals surface area contributed by atoms with Gasteiger partial charge in [-0.25, -0.2) is 19.2 Å². The van der Waals surface area contributed by atoms with Gasteiger partial charge in [-0.15, -0.1) is 0 Å². The van der Waals surface area contributed by atoms with Crippen LogP contribution in [0.3, 0.4) is 0 Å². The maximum Gasteiger partial charge on any atom is 0.293 e. The minimum Gasteiger partial charge on any atom is -0.485 e. The van der Waals surface area contributed by atoms with Crippen molar-refractivity contribution in [1.29, 1.82) is 0 Å². The highest BCUT2D eigenvalue weighted by atomic mass is 19.1. The number of carbonyl (C=O) groups is 1. The summed E-state index contributed by atoms with van der Waals surface area (Å²) < 4.78 is 34.9. The molecule has 156 valence electrons. The molecule has 0 aliphatic rings. The van der Waals surface area contributed by atoms with E-state index < -0.39 is 17.5 Å². The second-order valence-electron chi connectivity index (χ2n) is 6.18. The monoisotopic (exact) mass is 408 g/mol. The van der Waals surface area contributed by atoms with Crippen LogP contribution in [0.25, 0.3) is 5.65 Å². The van der Waals surface area contributed by atoms with Gasteiger partial charge >= 0.3 is 0 Å². The zero-order valence-electron chi connectivity index (χ0n) is 16.0. The fourth-order valence-corrected chi connectivity index (χ4v) is 2.78. The summed E-state index contributed by atoms with van der Waals surface area (Å²) in [5.74, 6) is -1.58. The van der Waals surface area contributed by atoms with Gasteiger partial charge in [0.2, 0.25) is 0 Å². The van der Waals surface area contributed by atoms with Crippen molar-refractivity contribution in [3.05, 3.63) is 64.6 Å². The quantitative estimate of drug-likeness (QED) is 0.454. The van der Waals surface area contributed by atoms with E-state index in [0.29, 0.717) is 17.1 Å². The third-order valence-electron chi connectivity index (χ3n) is 4.03. The third kappa shape index (κ3) is 4.67. The molecule has 0 aliphatic carbocycles. The van der Waals surface area contributed by atoms with Gasteiger partial charge in [0.15, 0.2) is 11.4 Å². The summed E-state index contributed by atoms with van der Waals surface area (Å²) in [6.07, 6.45) is 1.71. The number of nitrogens with two attached hydrogens (primary N) is 1. The van der Waals surface area contributed by atoms with Crippen molar-refractivity contribution < 1.29 is 28.6 Å². The van der Waals surface area contributed by atoms with Crippen LogP contribution >= 0.6 is 0 Å². The molecule has 29 heavy (non-hydrogen) atoms. The minimum atomic E-state index is -0.694. The van der Waals surface area contributed by atoms with Crippen LogP contribution in [-0.4, -0.2) is 33.9 Å². The predicted molar refractivity (Wildman–Crippen MR) is 101 cm³/mol. The maximum absolute atomic E-state index is 13.9. The second kappa shape index (κ2) is 9.41. The van der Waals surface area contributed by atoms with Crippen molar-refractivity contribution in [3.8, 4) is 5.75 Å². The Bertz CT molecular complexity index is 1000. The van der Waals surface area contributed by atoms with Gasteiger partial charge in [-0.05, 0) is 37.6 Å². The van der Waals surface area contributed by atoms with E-state index in [0.717, 1.165) is 17.7 Å². The van der Waals surface area contributed by atoms with Gasteiger partial charge in [-0.2, -0.15) is 0 Å². The van der Waals surface area contributed by atoms with Crippen LogP contribution < -0.4 is 16.0 Å². The van der Waals surface area contributed by atoms with Gasteiger partial charge in [-0.3, -0.25) is 14.0 Å². The van der Waals surface area contributed by atoms with Crippen molar-refractivity contribution >= 4 is 11.6 Å². The number of fused-ring (bicyclic) bond motifs is 1. The fraction of sp³-hybridized carbons (Fsp3) is 0.263. The van der Waals surface area contributed by atoms with E-state index in [4.69, 9.17) is 15.3 Å². The lowest BCUT2D eigenvalue weighted by atomic mass is 10.2. The highest BCUT2D eigenvalue weighted by molar-refractivity contribution is 5.94. The van der Waals surface area contributed by atoms with Gasteiger partial charge in [0.05, 0.1) is 17.9 Å². The van der Waals surface area contributed by atoms with Crippen molar-refractivity contribution in [1.82, 2.24) is 14.9 Å². The van der Waals surface area contributed by atoms with Crippen molar-refractivity contribution in [3.63, 3.8) is 0 Å². The molecule has 0 unspecified atom stereocenters. The number of hydrogen-bond acceptors (Lipinski definition) is 5. The van der Waals surface area contributed by atoms with Crippen molar-refractivity contribution in [2.75, 3.05) is 13.2 Å². The number of pyridine rings is 1. The van der Waals surface area contributed by atoms with E-state index in [2.05, 4.69) is 10.5 Å². The summed E-state index contributed by atoms with van der Waals surface area (Å²) in [6, 6.07) is 5.30. The molecule has 1 amide bonds. The lowest BCUT2D eigenvalue weighted by Crippen LogP contribution is -2.28. The molecule has 8 nitrogen and oxygen atoms in total. The topological polar surface area (TPSA) is 122 Å². The smallest absolute Gasteiger partial charge is 0.293 e. The Balaban J connectivity index is 0.00000300. The Morgan fingerprint density at radius 1 is 1.28 bits per heavy atom. The summed E-state index contributed by atoms with van der Waals surface area (Å²) in [6.45, 7) is 3.59. The summed E-state index contributed by atoms with van der Waals surface area (Å²) in [5.41, 5.74) is 9.29. The van der Waals surface area contributed by atoms with E-state index in [9.17, 15) is 13.6 Å². The zero-order chi connectivity index (χ0) is 20.3. The molecule has 0 fully saturated rings. The van der Waals surface area contributed by atoms with Crippen LogP contribution in [0.1, 0.15) is 27.3 Å². The van der Waals surface area contributed by atoms with Gasteiger partial charge in [0, 0.05) is 12.7 Å². The standard InChI is InChI=1S/C19H20F2N4O3.H2O/c1-11-8-16(27-10-13-14(20)4-3-5-15(13)21)18-23-12(2)17(25(18)9-11)19(26)24-28-7-6-22;/h3-5,8-9H,6-7,10,22H2,1-2H3,(H,24,26);1H2. The summed E-state index contributed by atoms with van der Waals surface area (Å²) in [5, 5.41) is 0. The Hall–Kier alpha value is -3.08. The van der Waals surface area contributed by atoms with Crippen LogP contribution in [0.5, 0.6) is 5.75 Å². The molecule has 0 radical (unpaired) electrons. The zero-order valence-corrected chi connectivity index (χ0v) is 16.0. The molecule has 3 aromatic rings. The Kier molecular flexibility index (Phi) is 7.21. The molecular weight excluding hydrogens is 386 g/mol. The van der Waals surface area contributed by atoms with E-state index in [1.807, 2.05) is 0 Å². The summed E-state index contributed by atoms with van der Waals surface area (Å²) in [7, 11) is 0. The highest BCUT2D eigenvalue weighted by Gasteiger charge is 2.20. The number of aryl methyl sites for hydroxylation is 2. The fourth-order valence-electron chi connectivity index (χ4n) is 2.78. The first-order valence-electron chi connectivity index (χ1n) is 8.59. The van der Waals surface area contributed by atoms with E-state index in [1.165, 1.54) is 6.07 Å². The number of nitrogens with one attached hydrogen (secondary N) is 1. The van der Waals surface area contributed by atoms with E-state index in [1.54, 1.807) is 30.5 Å². The number of hydrogen-bond donors (Lipinski definition) is 2. The highest BCUT2D eigenvalue weighted by Crippen LogP contribution is 2.26. The van der Waals surface area contributed by atoms with Crippen molar-refractivity contribution in [2.24, 2.45) is 5.73 Å². The molecule has 0 saturated carbocycles. The average molecular weight is 408 g/mol. The molecule has 0 saturated heterocycles. The first-order chi connectivity index (χ1) is 13.4. The van der Waals surface area contributed by atoms with Gasteiger partial charge in [-0.1, -0.05) is 6.07 Å². The molecule has 1 aromatic carbocycles. The number of benzene rings is 1. The van der Waals surface area contributed by atoms with Crippen LogP contribution in [-0.2, 0) is 11.4 Å². The SMILES string of the molecule is Cc1cc(OCc2c(F)cccc2F)c2nc(C)c(C(=O)NOCCN)n2c1.O. The van der Waals surface area contributed by atoms with E-state index in [-0.39, 0.29) is 36.5 Å². The number of carbonyl (C=O) groups excluding carboxylic acids is 1. The number of rotatable bonds is 7. The number of hydroxylamine groups is 1. The molecule has 2 heterocycles. The maximum atomic E-state index is 13.9. The van der Waals surface area contributed by atoms with Crippen LogP contribution in [0.2, 0.25) is 0 Å². The number of ether oxygens (including phenoxy) is 1. The molecule has 5 N–H and O–H groups in total. The Morgan fingerprint density at radius 3 is 2.62 bits per heavy atom. The Morgan fingerprint density at radius 2 is 1.97 bits per heavy atom. The molecule has 10 heteroatoms. The van der Waals surface area contributed by atoms with Crippen LogP contribution in [0.15, 0.2) is 30.5 Å². The number of imidazole rings is 1. The molecule has 0 atom stereocenters. The average Bonchev–Trinajstić information content (AvgIpc) is 2.97. The molecular formula is C19H22F2N4O4. The minimum absolute atomic E-state index is 0. The lowest BCUT2D eigenvalue weighted by molar-refractivity contribution is 0.0337. The number of amides is 1. The second-order valence-corrected chi connectivity index (χ2v) is 6.18. The molecule has 0 bridgehead atoms. The Labute approximate surface area is 165 Å². The van der Waals surface area contributed by atoms with Gasteiger partial charge < -0.3 is 15.9 Å². The van der Waals surface area contributed by atoms with Gasteiger partial charge in [0.25, 0.3) is 5.91 Å². The number of nitrogens with zero attached hydrogens (tertiary/aromatic N) is 2. The summed E-state index contributed by atoms with van der Waals surface area (Å²) in [4.78, 5) is 21.8. The molecule has 0 aliphatic heterocycles. The first-order valence-corrected chi connectivity index (χ1v) is 8.59. The van der Waals surface area contributed by atoms with Gasteiger partial charge in [0.1, 0.15) is 23.9 Å². The van der Waals surface area contributed by atoms with Crippen LogP contribution in [0.4, 0.5) is 8.78 Å². The molecule has 3 rings (SSSR count). The predicted octanol–water partition coefficient (Wildman–Crippen LogP) is 1.60.